The van der Waals surface area contributed by atoms with E-state index in [2.05, 4.69) is 10.6 Å². The van der Waals surface area contributed by atoms with Crippen molar-refractivity contribution < 1.29 is 56.2 Å². The lowest BCUT2D eigenvalue weighted by Crippen LogP contribution is -2.53. The molecule has 2 atom stereocenters. The summed E-state index contributed by atoms with van der Waals surface area (Å²) < 4.78 is 63.6. The fourth-order valence-corrected chi connectivity index (χ4v) is 9.72. The number of carbonyl (C=O) groups excluding carboxylic acids is 3. The van der Waals surface area contributed by atoms with E-state index in [1.54, 1.807) is 30.3 Å². The van der Waals surface area contributed by atoms with Crippen LogP contribution in [0.5, 0.6) is 23.0 Å². The fraction of sp³-hybridized carbons (Fsp3) is 0.162. The molecule has 9 rings (SSSR count). The molecule has 0 saturated heterocycles. The van der Waals surface area contributed by atoms with E-state index < -0.39 is 37.9 Å². The Morgan fingerprint density at radius 1 is 0.337 bits per heavy atom. The summed E-state index contributed by atoms with van der Waals surface area (Å²) in [5.41, 5.74) is 6.74. The fourth-order valence-electron chi connectivity index (χ4n) is 8.53. The second kappa shape index (κ2) is 30.4. The van der Waals surface area contributed by atoms with E-state index in [9.17, 15) is 14.2 Å². The first kappa shape index (κ1) is 58.2. The van der Waals surface area contributed by atoms with Gasteiger partial charge in [0.05, 0.1) is 13.2 Å². The number of esters is 1. The average Bonchev–Trinajstić information content (AvgIpc) is 3.61. The highest BCUT2D eigenvalue weighted by Gasteiger charge is 2.33. The Hall–Kier alpha value is -9.46. The van der Waals surface area contributed by atoms with Crippen LogP contribution in [0, 0.1) is 0 Å². The summed E-state index contributed by atoms with van der Waals surface area (Å²) in [6.45, 7) is 0.239. The number of benzene rings is 9. The van der Waals surface area contributed by atoms with Crippen LogP contribution < -0.4 is 29.4 Å². The molecule has 0 aliphatic rings. The molecule has 0 aliphatic carbocycles. The van der Waals surface area contributed by atoms with Crippen molar-refractivity contribution in [2.24, 2.45) is 0 Å². The molecule has 2 N–H and O–H groups in total. The standard InChI is InChI=1S/C68H63N2O12P/c71-66(69-61(67(72)78-47-54-28-14-4-15-29-54)41-59-36-38-62(75-44-51-22-8-1-9-23-51)64(42-59)76-45-52-24-10-2-11-25-52)60(70-68(73)79-48-55-30-16-5-17-31-55)40-58-37-39-63(65(43-58)77-46-53-26-12-3-13-27-53)82-83(74,80-49-56-32-18-6-19-33-56)81-50-57-34-20-7-21-35-57/h1-39,42-43,60-61H,40-41,44-50H2,(H,69,71)(H,70,73)/t60-,61-/m0/s1. The van der Waals surface area contributed by atoms with E-state index in [1.165, 1.54) is 6.07 Å². The first-order valence-corrected chi connectivity index (χ1v) is 28.6. The van der Waals surface area contributed by atoms with Crippen LogP contribution in [0.2, 0.25) is 0 Å². The second-order valence-corrected chi connectivity index (χ2v) is 20.9. The van der Waals surface area contributed by atoms with Crippen LogP contribution in [0.3, 0.4) is 0 Å². The molecule has 0 aromatic heterocycles. The zero-order valence-electron chi connectivity index (χ0n) is 45.5. The molecule has 14 nitrogen and oxygen atoms in total. The number of rotatable bonds is 29. The number of phosphoric ester groups is 1. The molecule has 2 amide bonds. The molecule has 0 bridgehead atoms. The Labute approximate surface area is 483 Å². The van der Waals surface area contributed by atoms with E-state index in [-0.39, 0.29) is 70.6 Å². The average molecular weight is 1130 g/mol. The zero-order chi connectivity index (χ0) is 57.3. The van der Waals surface area contributed by atoms with Crippen molar-refractivity contribution in [2.75, 3.05) is 0 Å². The first-order valence-electron chi connectivity index (χ1n) is 27.1. The molecule has 0 unspecified atom stereocenters. The maximum atomic E-state index is 15.0. The third-order valence-electron chi connectivity index (χ3n) is 12.9. The maximum absolute atomic E-state index is 15.0. The molecule has 9 aromatic rings. The quantitative estimate of drug-likeness (QED) is 0.0337. The summed E-state index contributed by atoms with van der Waals surface area (Å²) in [7, 11) is -4.40. The van der Waals surface area contributed by atoms with E-state index in [0.29, 0.717) is 22.6 Å². The van der Waals surface area contributed by atoms with Gasteiger partial charge in [-0.25, -0.2) is 14.2 Å². The molecule has 0 fully saturated rings. The number of nitrogens with one attached hydrogen (secondary N) is 2. The van der Waals surface area contributed by atoms with Gasteiger partial charge in [-0.1, -0.05) is 224 Å². The summed E-state index contributed by atoms with van der Waals surface area (Å²) in [6, 6.07) is 73.1. The van der Waals surface area contributed by atoms with Crippen molar-refractivity contribution in [3.63, 3.8) is 0 Å². The minimum atomic E-state index is -4.40. The maximum Gasteiger partial charge on any atom is 0.530 e. The summed E-state index contributed by atoms with van der Waals surface area (Å²) in [6.07, 6.45) is -1.10. The van der Waals surface area contributed by atoms with Crippen molar-refractivity contribution >= 4 is 25.8 Å². The van der Waals surface area contributed by atoms with Crippen LogP contribution >= 0.6 is 7.82 Å². The molecule has 0 radical (unpaired) electrons. The summed E-state index contributed by atoms with van der Waals surface area (Å²) >= 11 is 0. The smallest absolute Gasteiger partial charge is 0.485 e. The van der Waals surface area contributed by atoms with Gasteiger partial charge in [0.1, 0.15) is 45.1 Å². The van der Waals surface area contributed by atoms with Crippen molar-refractivity contribution in [3.8, 4) is 23.0 Å². The van der Waals surface area contributed by atoms with Crippen molar-refractivity contribution in [1.29, 1.82) is 0 Å². The topological polar surface area (TPSA) is 166 Å². The minimum Gasteiger partial charge on any atom is -0.485 e. The van der Waals surface area contributed by atoms with Crippen LogP contribution in [-0.2, 0) is 91.8 Å². The lowest BCUT2D eigenvalue weighted by atomic mass is 10.0. The zero-order valence-corrected chi connectivity index (χ0v) is 46.4. The lowest BCUT2D eigenvalue weighted by molar-refractivity contribution is -0.149. The molecule has 83 heavy (non-hydrogen) atoms. The predicted molar refractivity (Wildman–Crippen MR) is 315 cm³/mol. The number of phosphoric acid groups is 1. The van der Waals surface area contributed by atoms with Crippen LogP contribution in [0.25, 0.3) is 0 Å². The highest BCUT2D eigenvalue weighted by atomic mass is 31.2. The van der Waals surface area contributed by atoms with Crippen molar-refractivity contribution in [2.45, 2.75) is 71.2 Å². The summed E-state index contributed by atoms with van der Waals surface area (Å²) in [4.78, 5) is 43.2. The predicted octanol–water partition coefficient (Wildman–Crippen LogP) is 13.7. The van der Waals surface area contributed by atoms with Crippen LogP contribution in [0.1, 0.15) is 50.1 Å². The van der Waals surface area contributed by atoms with Gasteiger partial charge in [-0.3, -0.25) is 13.8 Å². The van der Waals surface area contributed by atoms with Gasteiger partial charge < -0.3 is 38.8 Å². The lowest BCUT2D eigenvalue weighted by Gasteiger charge is -2.24. The van der Waals surface area contributed by atoms with E-state index in [0.717, 1.165) is 38.9 Å². The Balaban J connectivity index is 1.02. The molecular weight excluding hydrogens is 1070 g/mol. The number of hydrogen-bond acceptors (Lipinski definition) is 12. The number of carbonyl (C=O) groups is 3. The van der Waals surface area contributed by atoms with Crippen molar-refractivity contribution in [1.82, 2.24) is 10.6 Å². The van der Waals surface area contributed by atoms with E-state index in [4.69, 9.17) is 37.3 Å². The first-order chi connectivity index (χ1) is 40.7. The van der Waals surface area contributed by atoms with Crippen molar-refractivity contribution in [3.05, 3.63) is 299 Å². The van der Waals surface area contributed by atoms with Crippen LogP contribution in [0.15, 0.2) is 249 Å². The highest BCUT2D eigenvalue weighted by Crippen LogP contribution is 2.53. The number of amides is 2. The molecule has 0 saturated carbocycles. The summed E-state index contributed by atoms with van der Waals surface area (Å²) in [5.74, 6) is -0.402. The molecule has 422 valence electrons. The number of hydrogen-bond donors (Lipinski definition) is 2. The molecule has 0 heterocycles. The van der Waals surface area contributed by atoms with Gasteiger partial charge in [0.15, 0.2) is 23.0 Å². The Bertz CT molecular complexity index is 3450. The SMILES string of the molecule is O=C(N[C@@H](Cc1ccc(OP(=O)(OCc2ccccc2)OCc2ccccc2)c(OCc2ccccc2)c1)C(=O)N[C@@H](Cc1ccc(OCc2ccccc2)c(OCc2ccccc2)c1)C(=O)OCc1ccccc1)OCc1ccccc1. The van der Waals surface area contributed by atoms with Gasteiger partial charge in [-0.15, -0.1) is 0 Å². The van der Waals surface area contributed by atoms with E-state index >= 15 is 4.79 Å². The molecule has 9 aromatic carbocycles. The number of ether oxygens (including phenoxy) is 5. The van der Waals surface area contributed by atoms with Gasteiger partial charge in [-0.2, -0.15) is 0 Å². The normalized spacial score (nSPS) is 11.8. The van der Waals surface area contributed by atoms with Gasteiger partial charge in [-0.05, 0) is 74.3 Å². The molecule has 0 aliphatic heterocycles. The highest BCUT2D eigenvalue weighted by molar-refractivity contribution is 7.48. The van der Waals surface area contributed by atoms with Gasteiger partial charge in [0.2, 0.25) is 5.91 Å². The van der Waals surface area contributed by atoms with Gasteiger partial charge in [0.25, 0.3) is 0 Å². The van der Waals surface area contributed by atoms with E-state index in [1.807, 2.05) is 212 Å². The second-order valence-electron chi connectivity index (χ2n) is 19.3. The molecular formula is C68H63N2O12P. The van der Waals surface area contributed by atoms with Gasteiger partial charge in [0, 0.05) is 12.8 Å². The van der Waals surface area contributed by atoms with Crippen LogP contribution in [-0.4, -0.2) is 30.1 Å². The Kier molecular flexibility index (Phi) is 21.3. The Morgan fingerprint density at radius 3 is 1.10 bits per heavy atom. The monoisotopic (exact) mass is 1130 g/mol. The molecule has 0 spiro atoms. The largest absolute Gasteiger partial charge is 0.530 e. The minimum absolute atomic E-state index is 0.0233. The molecule has 15 heteroatoms. The number of alkyl carbamates (subject to hydrolysis) is 1. The summed E-state index contributed by atoms with van der Waals surface area (Å²) in [5, 5.41) is 5.67. The third-order valence-corrected chi connectivity index (χ3v) is 14.2. The van der Waals surface area contributed by atoms with Crippen LogP contribution in [0.4, 0.5) is 4.79 Å². The van der Waals surface area contributed by atoms with Gasteiger partial charge >= 0.3 is 19.9 Å². The Morgan fingerprint density at radius 2 is 0.675 bits per heavy atom. The third kappa shape index (κ3) is 18.8.